The number of H-pyrrole nitrogens is 1. The van der Waals surface area contributed by atoms with E-state index in [2.05, 4.69) is 15.0 Å². The fourth-order valence-corrected chi connectivity index (χ4v) is 3.49. The van der Waals surface area contributed by atoms with E-state index in [9.17, 15) is 28.0 Å². The fourth-order valence-electron chi connectivity index (χ4n) is 3.10. The minimum atomic E-state index is -5.29. The number of halogens is 6. The van der Waals surface area contributed by atoms with Crippen LogP contribution in [0.5, 0.6) is 17.5 Å². The lowest BCUT2D eigenvalue weighted by Crippen LogP contribution is -2.28. The predicted octanol–water partition coefficient (Wildman–Crippen LogP) is 4.98. The second-order valence-corrected chi connectivity index (χ2v) is 8.73. The number of aromatic nitrogens is 2. The summed E-state index contributed by atoms with van der Waals surface area (Å²) in [7, 11) is 3.67. The molecule has 3 aromatic rings. The first-order valence-corrected chi connectivity index (χ1v) is 11.2. The van der Waals surface area contributed by atoms with E-state index >= 15 is 4.39 Å². The number of hydrogen-bond donors (Lipinski definition) is 2. The SMILES string of the molecule is CN(C)Cc1cc(C#N)cc(Oc2c(Cl)ccc(CNC(=O)c3nc(OC(=O)C(F)(F)F)[nH]c3Cl)c2F)c1. The van der Waals surface area contributed by atoms with Crippen molar-refractivity contribution in [3.63, 3.8) is 0 Å². The van der Waals surface area contributed by atoms with Gasteiger partial charge in [-0.1, -0.05) is 29.3 Å². The smallest absolute Gasteiger partial charge is 0.453 e. The van der Waals surface area contributed by atoms with Crippen molar-refractivity contribution in [3.8, 4) is 23.6 Å². The number of hydrogen-bond acceptors (Lipinski definition) is 7. The molecule has 0 aliphatic carbocycles. The molecular formula is C23H17Cl2F4N5O4. The number of alkyl halides is 3. The molecule has 200 valence electrons. The Morgan fingerprint density at radius 2 is 1.92 bits per heavy atom. The molecule has 38 heavy (non-hydrogen) atoms. The number of nitrogens with one attached hydrogen (secondary N) is 2. The Morgan fingerprint density at radius 3 is 2.55 bits per heavy atom. The first-order chi connectivity index (χ1) is 17.8. The van der Waals surface area contributed by atoms with E-state index in [1.165, 1.54) is 18.2 Å². The normalized spacial score (nSPS) is 11.3. The average molecular weight is 574 g/mol. The highest BCUT2D eigenvalue weighted by molar-refractivity contribution is 6.32. The Morgan fingerprint density at radius 1 is 1.21 bits per heavy atom. The summed E-state index contributed by atoms with van der Waals surface area (Å²) in [5, 5.41) is 11.0. The number of nitrogens with zero attached hydrogens (tertiary/aromatic N) is 3. The molecule has 3 rings (SSSR count). The van der Waals surface area contributed by atoms with Crippen molar-refractivity contribution in [1.29, 1.82) is 5.26 Å². The minimum Gasteiger partial charge on any atom is -0.453 e. The van der Waals surface area contributed by atoms with Crippen LogP contribution >= 0.6 is 23.2 Å². The molecule has 0 unspecified atom stereocenters. The van der Waals surface area contributed by atoms with Gasteiger partial charge < -0.3 is 19.7 Å². The third-order valence-electron chi connectivity index (χ3n) is 4.66. The molecule has 0 bridgehead atoms. The lowest BCUT2D eigenvalue weighted by atomic mass is 10.1. The molecule has 0 saturated heterocycles. The number of imidazole rings is 1. The molecule has 2 N–H and O–H groups in total. The van der Waals surface area contributed by atoms with Crippen molar-refractivity contribution in [2.75, 3.05) is 14.1 Å². The summed E-state index contributed by atoms with van der Waals surface area (Å²) in [5.74, 6) is -4.69. The largest absolute Gasteiger partial charge is 0.491 e. The van der Waals surface area contributed by atoms with Gasteiger partial charge in [-0.3, -0.25) is 9.78 Å². The van der Waals surface area contributed by atoms with Gasteiger partial charge in [0.25, 0.3) is 5.91 Å². The highest BCUT2D eigenvalue weighted by Crippen LogP contribution is 2.35. The molecule has 0 aliphatic rings. The number of esters is 1. The van der Waals surface area contributed by atoms with Crippen LogP contribution in [0.25, 0.3) is 0 Å². The zero-order chi connectivity index (χ0) is 28.2. The van der Waals surface area contributed by atoms with Gasteiger partial charge in [-0.2, -0.15) is 23.4 Å². The van der Waals surface area contributed by atoms with Gasteiger partial charge in [0.05, 0.1) is 16.7 Å². The molecule has 0 spiro atoms. The molecule has 0 radical (unpaired) electrons. The molecule has 1 amide bonds. The number of benzene rings is 2. The average Bonchev–Trinajstić information content (AvgIpc) is 3.19. The van der Waals surface area contributed by atoms with E-state index in [0.29, 0.717) is 6.54 Å². The number of ether oxygens (including phenoxy) is 2. The Bertz CT molecular complexity index is 1420. The van der Waals surface area contributed by atoms with Crippen LogP contribution in [0.2, 0.25) is 10.2 Å². The molecule has 0 atom stereocenters. The summed E-state index contributed by atoms with van der Waals surface area (Å²) in [6, 6.07) is 8.34. The summed E-state index contributed by atoms with van der Waals surface area (Å²) >= 11 is 11.9. The molecule has 15 heteroatoms. The number of carbonyl (C=O) groups is 2. The number of rotatable bonds is 8. The van der Waals surface area contributed by atoms with Crippen molar-refractivity contribution < 1.29 is 36.6 Å². The van der Waals surface area contributed by atoms with E-state index in [0.717, 1.165) is 5.56 Å². The van der Waals surface area contributed by atoms with E-state index in [1.807, 2.05) is 30.0 Å². The van der Waals surface area contributed by atoms with Crippen LogP contribution in [0.3, 0.4) is 0 Å². The van der Waals surface area contributed by atoms with Crippen LogP contribution in [-0.4, -0.2) is 47.0 Å². The highest BCUT2D eigenvalue weighted by atomic mass is 35.5. The highest BCUT2D eigenvalue weighted by Gasteiger charge is 2.42. The summed E-state index contributed by atoms with van der Waals surface area (Å²) in [6.45, 7) is 0.0597. The van der Waals surface area contributed by atoms with Gasteiger partial charge in [-0.15, -0.1) is 0 Å². The van der Waals surface area contributed by atoms with Crippen LogP contribution < -0.4 is 14.8 Å². The third-order valence-corrected chi connectivity index (χ3v) is 5.23. The molecule has 0 aliphatic heterocycles. The van der Waals surface area contributed by atoms with E-state index in [4.69, 9.17) is 27.9 Å². The van der Waals surface area contributed by atoms with Crippen LogP contribution in [0.4, 0.5) is 17.6 Å². The van der Waals surface area contributed by atoms with Gasteiger partial charge in [-0.05, 0) is 43.9 Å². The summed E-state index contributed by atoms with van der Waals surface area (Å²) in [4.78, 5) is 30.7. The number of aromatic amines is 1. The maximum absolute atomic E-state index is 15.3. The van der Waals surface area contributed by atoms with Crippen molar-refractivity contribution in [2.45, 2.75) is 19.3 Å². The van der Waals surface area contributed by atoms with Crippen molar-refractivity contribution in [2.24, 2.45) is 0 Å². The summed E-state index contributed by atoms with van der Waals surface area (Å²) in [6.07, 6.45) is -5.29. The Kier molecular flexibility index (Phi) is 8.82. The van der Waals surface area contributed by atoms with Gasteiger partial charge in [0.1, 0.15) is 10.9 Å². The number of carbonyl (C=O) groups excluding carboxylic acids is 2. The maximum Gasteiger partial charge on any atom is 0.491 e. The third kappa shape index (κ3) is 7.12. The van der Waals surface area contributed by atoms with E-state index in [-0.39, 0.29) is 27.6 Å². The monoisotopic (exact) mass is 573 g/mol. The van der Waals surface area contributed by atoms with Gasteiger partial charge in [-0.25, -0.2) is 9.18 Å². The van der Waals surface area contributed by atoms with Crippen molar-refractivity contribution in [3.05, 3.63) is 68.7 Å². The second-order valence-electron chi connectivity index (χ2n) is 7.94. The number of nitriles is 1. The van der Waals surface area contributed by atoms with Crippen molar-refractivity contribution >= 4 is 35.1 Å². The van der Waals surface area contributed by atoms with Crippen molar-refractivity contribution in [1.82, 2.24) is 20.2 Å². The molecule has 1 heterocycles. The first-order valence-electron chi connectivity index (χ1n) is 10.4. The van der Waals surface area contributed by atoms with E-state index < -0.39 is 47.3 Å². The van der Waals surface area contributed by atoms with Gasteiger partial charge in [0.2, 0.25) is 0 Å². The van der Waals surface area contributed by atoms with Gasteiger partial charge in [0, 0.05) is 18.7 Å². The zero-order valence-corrected chi connectivity index (χ0v) is 21.1. The molecule has 1 aromatic heterocycles. The first kappa shape index (κ1) is 28.7. The molecule has 2 aromatic carbocycles. The lowest BCUT2D eigenvalue weighted by Gasteiger charge is -2.15. The molecule has 0 fully saturated rings. The summed E-state index contributed by atoms with van der Waals surface area (Å²) < 4.78 is 62.0. The molecule has 0 saturated carbocycles. The lowest BCUT2D eigenvalue weighted by molar-refractivity contribution is -0.190. The predicted molar refractivity (Wildman–Crippen MR) is 126 cm³/mol. The van der Waals surface area contributed by atoms with Crippen LogP contribution in [-0.2, 0) is 17.9 Å². The quantitative estimate of drug-likeness (QED) is 0.288. The van der Waals surface area contributed by atoms with Gasteiger partial charge >= 0.3 is 18.2 Å². The zero-order valence-electron chi connectivity index (χ0n) is 19.5. The van der Waals surface area contributed by atoms with Crippen LogP contribution in [0.15, 0.2) is 30.3 Å². The Balaban J connectivity index is 1.77. The fraction of sp³-hybridized carbons (Fsp3) is 0.217. The van der Waals surface area contributed by atoms with E-state index in [1.54, 1.807) is 12.1 Å². The number of amides is 1. The van der Waals surface area contributed by atoms with Crippen LogP contribution in [0.1, 0.15) is 27.2 Å². The summed E-state index contributed by atoms with van der Waals surface area (Å²) in [5.41, 5.74) is 0.359. The Labute approximate surface area is 222 Å². The molecular weight excluding hydrogens is 557 g/mol. The second kappa shape index (κ2) is 11.7. The minimum absolute atomic E-state index is 0.0712. The topological polar surface area (TPSA) is 120 Å². The maximum atomic E-state index is 15.3. The van der Waals surface area contributed by atoms with Gasteiger partial charge in [0.15, 0.2) is 17.3 Å². The molecule has 9 nitrogen and oxygen atoms in total. The standard InChI is InChI=1S/C23H17Cl2F4N5O4/c1-34(2)10-12-5-11(8-30)6-14(7-12)37-18-15(24)4-3-13(16(18)26)9-31-20(35)17-19(25)33-22(32-17)38-21(36)23(27,28)29/h3-7H,9-10H2,1-2H3,(H,31,35)(H,32,33). The van der Waals surface area contributed by atoms with Crippen LogP contribution in [0, 0.1) is 17.1 Å². The Hall–Kier alpha value is -3.86.